The molecule has 1 atom stereocenters. The molecule has 0 spiro atoms. The van der Waals surface area contributed by atoms with E-state index in [0.29, 0.717) is 6.54 Å². The summed E-state index contributed by atoms with van der Waals surface area (Å²) >= 11 is 1.66. The second kappa shape index (κ2) is 7.85. The van der Waals surface area contributed by atoms with Crippen LogP contribution < -0.4 is 0 Å². The van der Waals surface area contributed by atoms with Crippen molar-refractivity contribution in [3.8, 4) is 0 Å². The van der Waals surface area contributed by atoms with Crippen LogP contribution in [0.3, 0.4) is 0 Å². The standard InChI is InChI=1S/C18H24N4OS/c1-14-20-11-16(24-14)13-21(2)18(23)17-7-3-4-9-22(17)12-15-6-5-8-19-10-15/h5-6,8,10-11,17H,3-4,7,9,12-13H2,1-2H3/t17-/m0/s1. The van der Waals surface area contributed by atoms with Crippen molar-refractivity contribution >= 4 is 17.2 Å². The van der Waals surface area contributed by atoms with Crippen LogP contribution in [0.5, 0.6) is 0 Å². The Morgan fingerprint density at radius 1 is 1.42 bits per heavy atom. The van der Waals surface area contributed by atoms with E-state index in [1.165, 1.54) is 0 Å². The molecule has 1 amide bonds. The number of pyridine rings is 1. The Hall–Kier alpha value is -1.79. The van der Waals surface area contributed by atoms with Gasteiger partial charge in [0.25, 0.3) is 0 Å². The van der Waals surface area contributed by atoms with Crippen molar-refractivity contribution in [2.45, 2.75) is 45.3 Å². The summed E-state index contributed by atoms with van der Waals surface area (Å²) in [5, 5.41) is 1.04. The van der Waals surface area contributed by atoms with E-state index in [2.05, 4.69) is 20.9 Å². The van der Waals surface area contributed by atoms with Gasteiger partial charge < -0.3 is 4.90 Å². The van der Waals surface area contributed by atoms with Crippen LogP contribution in [0.15, 0.2) is 30.7 Å². The van der Waals surface area contributed by atoms with Crippen molar-refractivity contribution in [3.63, 3.8) is 0 Å². The van der Waals surface area contributed by atoms with Gasteiger partial charge in [-0.25, -0.2) is 4.98 Å². The predicted octanol–water partition coefficient (Wildman–Crippen LogP) is 2.86. The lowest BCUT2D eigenvalue weighted by atomic mass is 10.00. The second-order valence-electron chi connectivity index (χ2n) is 6.38. The number of hydrogen-bond acceptors (Lipinski definition) is 5. The lowest BCUT2D eigenvalue weighted by molar-refractivity contribution is -0.137. The molecule has 128 valence electrons. The van der Waals surface area contributed by atoms with E-state index in [1.807, 2.05) is 37.3 Å². The number of aryl methyl sites for hydroxylation is 1. The molecule has 0 bridgehead atoms. The largest absolute Gasteiger partial charge is 0.339 e. The molecule has 3 heterocycles. The fraction of sp³-hybridized carbons (Fsp3) is 0.500. The fourth-order valence-electron chi connectivity index (χ4n) is 3.23. The first-order valence-corrected chi connectivity index (χ1v) is 9.24. The van der Waals surface area contributed by atoms with Gasteiger partial charge in [0.15, 0.2) is 0 Å². The number of likely N-dealkylation sites (N-methyl/N-ethyl adjacent to an activating group) is 1. The molecule has 0 radical (unpaired) electrons. The SMILES string of the molecule is Cc1ncc(CN(C)C(=O)[C@@H]2CCCCN2Cc2cccnc2)s1. The van der Waals surface area contributed by atoms with Gasteiger partial charge in [0.1, 0.15) is 0 Å². The number of nitrogens with zero attached hydrogens (tertiary/aromatic N) is 4. The third-order valence-corrected chi connectivity index (χ3v) is 5.34. The molecule has 24 heavy (non-hydrogen) atoms. The molecule has 5 nitrogen and oxygen atoms in total. The summed E-state index contributed by atoms with van der Waals surface area (Å²) in [4.78, 5) is 26.7. The first-order valence-electron chi connectivity index (χ1n) is 8.43. The summed E-state index contributed by atoms with van der Waals surface area (Å²) in [6.45, 7) is 4.39. The number of thiazole rings is 1. The third kappa shape index (κ3) is 4.19. The minimum atomic E-state index is -0.0297. The number of rotatable bonds is 5. The van der Waals surface area contributed by atoms with Gasteiger partial charge in [-0.1, -0.05) is 12.5 Å². The van der Waals surface area contributed by atoms with Gasteiger partial charge in [0.05, 0.1) is 17.6 Å². The molecule has 0 N–H and O–H groups in total. The van der Waals surface area contributed by atoms with E-state index in [0.717, 1.165) is 47.8 Å². The van der Waals surface area contributed by atoms with E-state index in [1.54, 1.807) is 17.5 Å². The molecular formula is C18H24N4OS. The highest BCUT2D eigenvalue weighted by Crippen LogP contribution is 2.22. The summed E-state index contributed by atoms with van der Waals surface area (Å²) in [5.41, 5.74) is 1.16. The monoisotopic (exact) mass is 344 g/mol. The topological polar surface area (TPSA) is 49.3 Å². The van der Waals surface area contributed by atoms with Crippen molar-refractivity contribution in [2.75, 3.05) is 13.6 Å². The van der Waals surface area contributed by atoms with Gasteiger partial charge in [0.2, 0.25) is 5.91 Å². The maximum atomic E-state index is 13.0. The van der Waals surface area contributed by atoms with Crippen LogP contribution in [0.1, 0.15) is 34.7 Å². The van der Waals surface area contributed by atoms with Gasteiger partial charge >= 0.3 is 0 Å². The number of amides is 1. The first-order chi connectivity index (χ1) is 11.6. The Labute approximate surface area is 147 Å². The summed E-state index contributed by atoms with van der Waals surface area (Å²) in [6, 6.07) is 4.00. The van der Waals surface area contributed by atoms with Gasteiger partial charge in [-0.3, -0.25) is 14.7 Å². The molecule has 0 aliphatic carbocycles. The average molecular weight is 344 g/mol. The Bertz CT molecular complexity index is 673. The number of piperidine rings is 1. The summed E-state index contributed by atoms with van der Waals surface area (Å²) < 4.78 is 0. The third-order valence-electron chi connectivity index (χ3n) is 4.45. The molecule has 0 aromatic carbocycles. The number of hydrogen-bond donors (Lipinski definition) is 0. The zero-order chi connectivity index (χ0) is 16.9. The Kier molecular flexibility index (Phi) is 5.58. The van der Waals surface area contributed by atoms with Crippen LogP contribution in [-0.4, -0.2) is 45.3 Å². The molecule has 0 unspecified atom stereocenters. The molecule has 2 aromatic heterocycles. The van der Waals surface area contributed by atoms with Gasteiger partial charge in [-0.05, 0) is 37.9 Å². The fourth-order valence-corrected chi connectivity index (χ4v) is 4.08. The highest BCUT2D eigenvalue weighted by Gasteiger charge is 2.30. The molecule has 0 saturated carbocycles. The van der Waals surface area contributed by atoms with Gasteiger partial charge in [-0.2, -0.15) is 0 Å². The molecule has 6 heteroatoms. The average Bonchev–Trinajstić information content (AvgIpc) is 3.00. The molecule has 3 rings (SSSR count). The van der Waals surface area contributed by atoms with Crippen molar-refractivity contribution in [3.05, 3.63) is 46.2 Å². The Morgan fingerprint density at radius 3 is 3.00 bits per heavy atom. The molecule has 1 fully saturated rings. The van der Waals surface area contributed by atoms with Crippen LogP contribution in [0, 0.1) is 6.92 Å². The van der Waals surface area contributed by atoms with E-state index in [-0.39, 0.29) is 11.9 Å². The predicted molar refractivity (Wildman–Crippen MR) is 95.6 cm³/mol. The van der Waals surface area contributed by atoms with Gasteiger partial charge in [-0.15, -0.1) is 11.3 Å². The van der Waals surface area contributed by atoms with Crippen molar-refractivity contribution in [2.24, 2.45) is 0 Å². The maximum absolute atomic E-state index is 13.0. The van der Waals surface area contributed by atoms with Crippen molar-refractivity contribution < 1.29 is 4.79 Å². The number of likely N-dealkylation sites (tertiary alicyclic amines) is 1. The van der Waals surface area contributed by atoms with E-state index >= 15 is 0 Å². The zero-order valence-electron chi connectivity index (χ0n) is 14.3. The quantitative estimate of drug-likeness (QED) is 0.837. The Balaban J connectivity index is 1.66. The van der Waals surface area contributed by atoms with E-state index in [9.17, 15) is 4.79 Å². The van der Waals surface area contributed by atoms with E-state index < -0.39 is 0 Å². The smallest absolute Gasteiger partial charge is 0.240 e. The molecule has 1 aliphatic heterocycles. The van der Waals surface area contributed by atoms with Crippen molar-refractivity contribution in [1.29, 1.82) is 0 Å². The van der Waals surface area contributed by atoms with Crippen molar-refractivity contribution in [1.82, 2.24) is 19.8 Å². The highest BCUT2D eigenvalue weighted by molar-refractivity contribution is 7.11. The lowest BCUT2D eigenvalue weighted by Gasteiger charge is -2.36. The van der Waals surface area contributed by atoms with E-state index in [4.69, 9.17) is 0 Å². The Morgan fingerprint density at radius 2 is 2.29 bits per heavy atom. The summed E-state index contributed by atoms with van der Waals surface area (Å²) in [5.74, 6) is 0.213. The molecule has 2 aromatic rings. The lowest BCUT2D eigenvalue weighted by Crippen LogP contribution is -2.49. The summed E-state index contributed by atoms with van der Waals surface area (Å²) in [6.07, 6.45) is 8.76. The zero-order valence-corrected chi connectivity index (χ0v) is 15.1. The minimum absolute atomic E-state index is 0.0297. The number of carbonyl (C=O) groups is 1. The summed E-state index contributed by atoms with van der Waals surface area (Å²) in [7, 11) is 1.90. The molecule has 1 aliphatic rings. The van der Waals surface area contributed by atoms with Crippen LogP contribution in [-0.2, 0) is 17.9 Å². The van der Waals surface area contributed by atoms with Crippen LogP contribution in [0.4, 0.5) is 0 Å². The normalized spacial score (nSPS) is 18.5. The minimum Gasteiger partial charge on any atom is -0.339 e. The highest BCUT2D eigenvalue weighted by atomic mass is 32.1. The second-order valence-corrected chi connectivity index (χ2v) is 7.70. The molecule has 1 saturated heterocycles. The maximum Gasteiger partial charge on any atom is 0.240 e. The first kappa shape index (κ1) is 17.0. The number of carbonyl (C=O) groups excluding carboxylic acids is 1. The molecular weight excluding hydrogens is 320 g/mol. The van der Waals surface area contributed by atoms with Crippen LogP contribution in [0.25, 0.3) is 0 Å². The number of aromatic nitrogens is 2. The van der Waals surface area contributed by atoms with Crippen LogP contribution in [0.2, 0.25) is 0 Å². The van der Waals surface area contributed by atoms with Crippen LogP contribution >= 0.6 is 11.3 Å². The van der Waals surface area contributed by atoms with Gasteiger partial charge in [0, 0.05) is 37.1 Å².